The standard InChI is InChI=1S/C4H7IO2/c1-2-3(5)4(6)7/h3H,2H2,1H3,(H,6,7). The summed E-state index contributed by atoms with van der Waals surface area (Å²) in [6.45, 7) is 1.85. The minimum atomic E-state index is -0.719. The van der Waals surface area contributed by atoms with Gasteiger partial charge in [-0.2, -0.15) is 0 Å². The van der Waals surface area contributed by atoms with Crippen LogP contribution in [-0.4, -0.2) is 15.0 Å². The molecule has 0 aromatic heterocycles. The van der Waals surface area contributed by atoms with Crippen molar-refractivity contribution in [3.05, 3.63) is 0 Å². The second kappa shape index (κ2) is 3.23. The molecule has 0 fully saturated rings. The number of aliphatic carboxylic acids is 1. The molecule has 0 amide bonds. The van der Waals surface area contributed by atoms with Crippen molar-refractivity contribution in [1.29, 1.82) is 0 Å². The van der Waals surface area contributed by atoms with Crippen LogP contribution < -0.4 is 0 Å². The van der Waals surface area contributed by atoms with Crippen LogP contribution in [0.5, 0.6) is 0 Å². The van der Waals surface area contributed by atoms with Gasteiger partial charge < -0.3 is 5.11 Å². The molecule has 0 saturated carbocycles. The first-order valence-corrected chi connectivity index (χ1v) is 3.30. The molecule has 1 N–H and O–H groups in total. The van der Waals surface area contributed by atoms with Gasteiger partial charge in [0, 0.05) is 0 Å². The molecule has 42 valence electrons. The van der Waals surface area contributed by atoms with E-state index in [0.717, 1.165) is 0 Å². The lowest BCUT2D eigenvalue weighted by Crippen LogP contribution is -2.09. The smallest absolute Gasteiger partial charge is 0.316 e. The van der Waals surface area contributed by atoms with E-state index in [0.29, 0.717) is 6.42 Å². The molecule has 1 atom stereocenters. The molecule has 3 heteroatoms. The third-order valence-corrected chi connectivity index (χ3v) is 2.04. The lowest BCUT2D eigenvalue weighted by atomic mass is 10.3. The zero-order chi connectivity index (χ0) is 5.86. The van der Waals surface area contributed by atoms with Crippen LogP contribution in [0.2, 0.25) is 0 Å². The van der Waals surface area contributed by atoms with E-state index in [1.165, 1.54) is 0 Å². The molecule has 2 nitrogen and oxygen atoms in total. The lowest BCUT2D eigenvalue weighted by Gasteiger charge is -1.94. The van der Waals surface area contributed by atoms with Gasteiger partial charge in [0.15, 0.2) is 0 Å². The average Bonchev–Trinajstić information content (AvgIpc) is 1.65. The van der Waals surface area contributed by atoms with Crippen molar-refractivity contribution in [3.8, 4) is 0 Å². The van der Waals surface area contributed by atoms with Crippen LogP contribution in [0.25, 0.3) is 0 Å². The summed E-state index contributed by atoms with van der Waals surface area (Å²) in [7, 11) is 0. The van der Waals surface area contributed by atoms with Crippen molar-refractivity contribution < 1.29 is 9.90 Å². The van der Waals surface area contributed by atoms with E-state index in [-0.39, 0.29) is 3.92 Å². The molecule has 7 heavy (non-hydrogen) atoms. The molecular formula is C4H7IO2. The van der Waals surface area contributed by atoms with Gasteiger partial charge in [0.2, 0.25) is 0 Å². The summed E-state index contributed by atoms with van der Waals surface area (Å²) in [6.07, 6.45) is 0.704. The normalized spacial score (nSPS) is 13.4. The van der Waals surface area contributed by atoms with Crippen molar-refractivity contribution in [2.24, 2.45) is 0 Å². The molecule has 0 aromatic rings. The van der Waals surface area contributed by atoms with Gasteiger partial charge in [0.25, 0.3) is 0 Å². The zero-order valence-corrected chi connectivity index (χ0v) is 6.18. The molecule has 0 aliphatic carbocycles. The van der Waals surface area contributed by atoms with E-state index >= 15 is 0 Å². The van der Waals surface area contributed by atoms with Crippen LogP contribution in [0.3, 0.4) is 0 Å². The van der Waals surface area contributed by atoms with Crippen molar-refractivity contribution >= 4 is 28.6 Å². The minimum Gasteiger partial charge on any atom is -0.480 e. The Morgan fingerprint density at radius 1 is 2.00 bits per heavy atom. The Morgan fingerprint density at radius 2 is 2.43 bits per heavy atom. The topological polar surface area (TPSA) is 37.3 Å². The van der Waals surface area contributed by atoms with Crippen LogP contribution >= 0.6 is 22.6 Å². The van der Waals surface area contributed by atoms with Gasteiger partial charge in [0.05, 0.1) is 0 Å². The Labute approximate surface area is 56.1 Å². The van der Waals surface area contributed by atoms with E-state index < -0.39 is 5.97 Å². The van der Waals surface area contributed by atoms with Gasteiger partial charge in [-0.3, -0.25) is 4.79 Å². The van der Waals surface area contributed by atoms with Gasteiger partial charge in [-0.1, -0.05) is 29.5 Å². The molecular weight excluding hydrogens is 207 g/mol. The largest absolute Gasteiger partial charge is 0.480 e. The van der Waals surface area contributed by atoms with E-state index in [1.54, 1.807) is 0 Å². The van der Waals surface area contributed by atoms with Crippen molar-refractivity contribution in [1.82, 2.24) is 0 Å². The molecule has 0 rings (SSSR count). The van der Waals surface area contributed by atoms with E-state index in [2.05, 4.69) is 0 Å². The Kier molecular flexibility index (Phi) is 3.33. The summed E-state index contributed by atoms with van der Waals surface area (Å²) in [6, 6.07) is 0. The minimum absolute atomic E-state index is 0.211. The molecule has 0 radical (unpaired) electrons. The maximum absolute atomic E-state index is 9.92. The SMILES string of the molecule is CCC(I)C(=O)O. The van der Waals surface area contributed by atoms with Crippen LogP contribution in [0.15, 0.2) is 0 Å². The average molecular weight is 214 g/mol. The summed E-state index contributed by atoms with van der Waals surface area (Å²) in [5.41, 5.74) is 0. The summed E-state index contributed by atoms with van der Waals surface area (Å²) in [5.74, 6) is -0.719. The van der Waals surface area contributed by atoms with Crippen LogP contribution in [0.4, 0.5) is 0 Å². The summed E-state index contributed by atoms with van der Waals surface area (Å²) < 4.78 is -0.211. The van der Waals surface area contributed by atoms with Crippen LogP contribution in [0.1, 0.15) is 13.3 Å². The number of carboxylic acids is 1. The fourth-order valence-electron chi connectivity index (χ4n) is 0.175. The van der Waals surface area contributed by atoms with E-state index in [4.69, 9.17) is 5.11 Å². The highest BCUT2D eigenvalue weighted by atomic mass is 127. The highest BCUT2D eigenvalue weighted by molar-refractivity contribution is 14.1. The second-order valence-electron chi connectivity index (χ2n) is 1.21. The number of carboxylic acid groups (broad SMARTS) is 1. The summed E-state index contributed by atoms with van der Waals surface area (Å²) in [4.78, 5) is 9.92. The monoisotopic (exact) mass is 214 g/mol. The Balaban J connectivity index is 3.34. The summed E-state index contributed by atoms with van der Waals surface area (Å²) >= 11 is 1.90. The Morgan fingerprint density at radius 3 is 2.43 bits per heavy atom. The van der Waals surface area contributed by atoms with Crippen LogP contribution in [0, 0.1) is 0 Å². The Hall–Kier alpha value is 0.200. The number of rotatable bonds is 2. The summed E-state index contributed by atoms with van der Waals surface area (Å²) in [5, 5.41) is 8.17. The van der Waals surface area contributed by atoms with Gasteiger partial charge in [-0.15, -0.1) is 0 Å². The van der Waals surface area contributed by atoms with Crippen molar-refractivity contribution in [2.75, 3.05) is 0 Å². The first kappa shape index (κ1) is 7.20. The molecule has 0 saturated heterocycles. The van der Waals surface area contributed by atoms with Gasteiger partial charge in [-0.25, -0.2) is 0 Å². The molecule has 0 aliphatic heterocycles. The fourth-order valence-corrected chi connectivity index (χ4v) is 0.175. The fraction of sp³-hybridized carbons (Fsp3) is 0.750. The van der Waals surface area contributed by atoms with E-state index in [1.807, 2.05) is 29.5 Å². The predicted octanol–water partition coefficient (Wildman–Crippen LogP) is 1.28. The third kappa shape index (κ3) is 2.85. The second-order valence-corrected chi connectivity index (χ2v) is 2.72. The van der Waals surface area contributed by atoms with Gasteiger partial charge >= 0.3 is 5.97 Å². The number of alkyl halides is 1. The first-order valence-electron chi connectivity index (χ1n) is 2.05. The Bertz CT molecular complexity index is 72.1. The molecule has 0 aliphatic rings. The number of carbonyl (C=O) groups is 1. The van der Waals surface area contributed by atoms with Crippen molar-refractivity contribution in [2.45, 2.75) is 17.3 Å². The molecule has 0 bridgehead atoms. The molecule has 0 heterocycles. The number of hydrogen-bond donors (Lipinski definition) is 1. The quantitative estimate of drug-likeness (QED) is 0.555. The van der Waals surface area contributed by atoms with Crippen molar-refractivity contribution in [3.63, 3.8) is 0 Å². The number of halogens is 1. The first-order chi connectivity index (χ1) is 3.18. The molecule has 0 spiro atoms. The van der Waals surface area contributed by atoms with Crippen LogP contribution in [-0.2, 0) is 4.79 Å². The maximum Gasteiger partial charge on any atom is 0.316 e. The number of hydrogen-bond acceptors (Lipinski definition) is 1. The lowest BCUT2D eigenvalue weighted by molar-refractivity contribution is -0.136. The van der Waals surface area contributed by atoms with Gasteiger partial charge in [0.1, 0.15) is 3.92 Å². The van der Waals surface area contributed by atoms with Gasteiger partial charge in [-0.05, 0) is 6.42 Å². The molecule has 0 aromatic carbocycles. The highest BCUT2D eigenvalue weighted by Crippen LogP contribution is 2.03. The highest BCUT2D eigenvalue weighted by Gasteiger charge is 2.07. The maximum atomic E-state index is 9.92. The van der Waals surface area contributed by atoms with E-state index in [9.17, 15) is 4.79 Å². The molecule has 1 unspecified atom stereocenters. The third-order valence-electron chi connectivity index (χ3n) is 0.626. The predicted molar refractivity (Wildman–Crippen MR) is 35.7 cm³/mol. The zero-order valence-electron chi connectivity index (χ0n) is 4.02.